The van der Waals surface area contributed by atoms with E-state index in [2.05, 4.69) is 0 Å². The van der Waals surface area contributed by atoms with Crippen LogP contribution >= 0.6 is 0 Å². The van der Waals surface area contributed by atoms with Crippen LogP contribution in [0.5, 0.6) is 0 Å². The molecule has 2 aliphatic heterocycles. The third-order valence-corrected chi connectivity index (χ3v) is 3.30. The van der Waals surface area contributed by atoms with Gasteiger partial charge in [-0.25, -0.2) is 4.79 Å². The quantitative estimate of drug-likeness (QED) is 0.366. The Morgan fingerprint density at radius 3 is 2.55 bits per heavy atom. The fourth-order valence-corrected chi connectivity index (χ4v) is 2.14. The standard InChI is InChI=1S/C14H20O5.H2O/c1-9-5-3-2-4-6-10(15)13-14(19-13)11(16)7-8-12(17)18-9;/h4,6-11,13-16H,2-3,5H2,1H3;1H2/b6-4+,8-7+;/t9-,10-,11+,13+,14-;/m0./s1. The zero-order valence-corrected chi connectivity index (χ0v) is 11.4. The Kier molecular flexibility index (Phi) is 6.35. The number of fused-ring (bicyclic) bond motifs is 1. The number of cyclic esters (lactones) is 1. The molecule has 0 radical (unpaired) electrons. The summed E-state index contributed by atoms with van der Waals surface area (Å²) in [5.74, 6) is -0.461. The van der Waals surface area contributed by atoms with E-state index in [9.17, 15) is 15.0 Å². The molecule has 0 bridgehead atoms. The molecule has 114 valence electrons. The molecule has 0 saturated carbocycles. The molecule has 1 fully saturated rings. The minimum Gasteiger partial charge on any atom is -0.460 e. The minimum atomic E-state index is -0.904. The zero-order chi connectivity index (χ0) is 13.8. The third kappa shape index (κ3) is 4.72. The highest BCUT2D eigenvalue weighted by Gasteiger charge is 2.47. The van der Waals surface area contributed by atoms with E-state index in [0.29, 0.717) is 0 Å². The molecule has 0 aromatic heterocycles. The second-order valence-corrected chi connectivity index (χ2v) is 5.01. The van der Waals surface area contributed by atoms with Crippen molar-refractivity contribution in [2.24, 2.45) is 0 Å². The predicted octanol–water partition coefficient (Wildman–Crippen LogP) is -0.121. The molecule has 4 N–H and O–H groups in total. The van der Waals surface area contributed by atoms with E-state index in [1.165, 1.54) is 12.2 Å². The summed E-state index contributed by atoms with van der Waals surface area (Å²) in [5.41, 5.74) is 0. The van der Waals surface area contributed by atoms with Crippen LogP contribution in [-0.2, 0) is 14.3 Å². The smallest absolute Gasteiger partial charge is 0.330 e. The van der Waals surface area contributed by atoms with Gasteiger partial charge in [0.05, 0.1) is 6.10 Å². The number of esters is 1. The van der Waals surface area contributed by atoms with Crippen molar-refractivity contribution in [3.05, 3.63) is 24.3 Å². The van der Waals surface area contributed by atoms with Crippen LogP contribution < -0.4 is 0 Å². The fraction of sp³-hybridized carbons (Fsp3) is 0.643. The Morgan fingerprint density at radius 2 is 1.85 bits per heavy atom. The van der Waals surface area contributed by atoms with Gasteiger partial charge in [0.25, 0.3) is 0 Å². The molecule has 0 amide bonds. The second-order valence-electron chi connectivity index (χ2n) is 5.01. The van der Waals surface area contributed by atoms with E-state index >= 15 is 0 Å². The molecule has 20 heavy (non-hydrogen) atoms. The molecule has 0 aliphatic carbocycles. The Labute approximate surface area is 118 Å². The average molecular weight is 286 g/mol. The number of aliphatic hydroxyl groups excluding tert-OH is 2. The lowest BCUT2D eigenvalue weighted by Crippen LogP contribution is -2.21. The molecule has 2 aliphatic rings. The molecule has 2 heterocycles. The summed E-state index contributed by atoms with van der Waals surface area (Å²) in [7, 11) is 0. The minimum absolute atomic E-state index is 0. The van der Waals surface area contributed by atoms with Crippen molar-refractivity contribution in [3.8, 4) is 0 Å². The van der Waals surface area contributed by atoms with E-state index in [4.69, 9.17) is 9.47 Å². The first-order chi connectivity index (χ1) is 9.08. The second kappa shape index (κ2) is 7.54. The number of hydrogen-bond acceptors (Lipinski definition) is 5. The molecule has 0 aromatic rings. The Bertz CT molecular complexity index is 378. The summed E-state index contributed by atoms with van der Waals surface area (Å²) in [6, 6.07) is 0. The van der Waals surface area contributed by atoms with Crippen LogP contribution in [0, 0.1) is 0 Å². The van der Waals surface area contributed by atoms with Crippen LogP contribution in [-0.4, -0.2) is 52.2 Å². The average Bonchev–Trinajstić information content (AvgIpc) is 3.14. The number of allylic oxidation sites excluding steroid dienone is 1. The molecule has 0 aromatic carbocycles. The monoisotopic (exact) mass is 286 g/mol. The summed E-state index contributed by atoms with van der Waals surface area (Å²) >= 11 is 0. The maximum Gasteiger partial charge on any atom is 0.330 e. The van der Waals surface area contributed by atoms with E-state index < -0.39 is 30.4 Å². The molecular weight excluding hydrogens is 264 g/mol. The van der Waals surface area contributed by atoms with Gasteiger partial charge in [-0.3, -0.25) is 0 Å². The predicted molar refractivity (Wildman–Crippen MR) is 72.0 cm³/mol. The number of rotatable bonds is 0. The van der Waals surface area contributed by atoms with E-state index in [1.54, 1.807) is 6.08 Å². The van der Waals surface area contributed by atoms with Crippen molar-refractivity contribution in [2.45, 2.75) is 56.7 Å². The van der Waals surface area contributed by atoms with Gasteiger partial charge in [-0.15, -0.1) is 0 Å². The van der Waals surface area contributed by atoms with Gasteiger partial charge in [-0.1, -0.05) is 12.2 Å². The topological polar surface area (TPSA) is 111 Å². The van der Waals surface area contributed by atoms with Crippen LogP contribution in [0.4, 0.5) is 0 Å². The van der Waals surface area contributed by atoms with Crippen LogP contribution in [0.25, 0.3) is 0 Å². The lowest BCUT2D eigenvalue weighted by molar-refractivity contribution is -0.142. The van der Waals surface area contributed by atoms with Gasteiger partial charge in [0, 0.05) is 6.08 Å². The number of carbonyl (C=O) groups is 1. The molecule has 6 nitrogen and oxygen atoms in total. The summed E-state index contributed by atoms with van der Waals surface area (Å²) < 4.78 is 10.4. The van der Waals surface area contributed by atoms with Gasteiger partial charge in [0.15, 0.2) is 0 Å². The van der Waals surface area contributed by atoms with Crippen LogP contribution in [0.15, 0.2) is 24.3 Å². The van der Waals surface area contributed by atoms with Crippen LogP contribution in [0.1, 0.15) is 26.2 Å². The summed E-state index contributed by atoms with van der Waals surface area (Å²) in [6.07, 6.45) is 6.02. The van der Waals surface area contributed by atoms with Gasteiger partial charge in [0.1, 0.15) is 24.4 Å². The van der Waals surface area contributed by atoms with Gasteiger partial charge in [-0.2, -0.15) is 0 Å². The first-order valence-corrected chi connectivity index (χ1v) is 6.65. The maximum atomic E-state index is 11.5. The number of carbonyl (C=O) groups excluding carboxylic acids is 1. The van der Waals surface area contributed by atoms with Crippen molar-refractivity contribution in [1.82, 2.24) is 0 Å². The van der Waals surface area contributed by atoms with Crippen LogP contribution in [0.3, 0.4) is 0 Å². The molecule has 5 atom stereocenters. The van der Waals surface area contributed by atoms with Crippen molar-refractivity contribution < 1.29 is 30.0 Å². The number of aliphatic hydroxyl groups is 2. The maximum absolute atomic E-state index is 11.5. The largest absolute Gasteiger partial charge is 0.460 e. The number of epoxide rings is 1. The van der Waals surface area contributed by atoms with Crippen molar-refractivity contribution in [2.75, 3.05) is 0 Å². The van der Waals surface area contributed by atoms with Crippen LogP contribution in [0.2, 0.25) is 0 Å². The molecule has 0 spiro atoms. The third-order valence-electron chi connectivity index (χ3n) is 3.30. The zero-order valence-electron chi connectivity index (χ0n) is 11.4. The normalized spacial score (nSPS) is 41.4. The SMILES string of the molecule is C[C@H]1CCC/C=C/[C@H](O)[C@H]2O[C@H]2[C@H](O)/C=C/C(=O)O1.O. The number of ether oxygens (including phenoxy) is 2. The Balaban J connectivity index is 0.00000200. The fourth-order valence-electron chi connectivity index (χ4n) is 2.14. The van der Waals surface area contributed by atoms with Gasteiger partial charge in [-0.05, 0) is 32.3 Å². The van der Waals surface area contributed by atoms with Crippen molar-refractivity contribution in [3.63, 3.8) is 0 Å². The summed E-state index contributed by atoms with van der Waals surface area (Å²) in [6.45, 7) is 1.84. The summed E-state index contributed by atoms with van der Waals surface area (Å²) in [4.78, 5) is 11.5. The van der Waals surface area contributed by atoms with Gasteiger partial charge < -0.3 is 25.2 Å². The Morgan fingerprint density at radius 1 is 1.20 bits per heavy atom. The van der Waals surface area contributed by atoms with E-state index in [-0.39, 0.29) is 11.6 Å². The molecule has 2 rings (SSSR count). The summed E-state index contributed by atoms with van der Waals surface area (Å²) in [5, 5.41) is 19.6. The first kappa shape index (κ1) is 16.8. The lowest BCUT2D eigenvalue weighted by atomic mass is 10.1. The Hall–Kier alpha value is -1.21. The van der Waals surface area contributed by atoms with Gasteiger partial charge in [0.2, 0.25) is 0 Å². The van der Waals surface area contributed by atoms with E-state index in [1.807, 2.05) is 13.0 Å². The number of hydrogen-bond donors (Lipinski definition) is 2. The highest BCUT2D eigenvalue weighted by Crippen LogP contribution is 2.30. The molecule has 6 heteroatoms. The lowest BCUT2D eigenvalue weighted by Gasteiger charge is -2.11. The highest BCUT2D eigenvalue weighted by molar-refractivity contribution is 5.82. The van der Waals surface area contributed by atoms with Gasteiger partial charge >= 0.3 is 5.97 Å². The highest BCUT2D eigenvalue weighted by atomic mass is 16.6. The van der Waals surface area contributed by atoms with E-state index in [0.717, 1.165) is 19.3 Å². The van der Waals surface area contributed by atoms with Crippen molar-refractivity contribution in [1.29, 1.82) is 0 Å². The molecule has 0 unspecified atom stereocenters. The molecule has 1 saturated heterocycles. The first-order valence-electron chi connectivity index (χ1n) is 6.65. The molecular formula is C14H22O6. The van der Waals surface area contributed by atoms with Crippen molar-refractivity contribution >= 4 is 5.97 Å².